The summed E-state index contributed by atoms with van der Waals surface area (Å²) in [6, 6.07) is 15.3. The standard InChI is InChI=1S/C26H21Br2ClN4O4/c1-2-3-4-24-31-22-10-7-18(27)12-21(22)26(34)32(24)30-14-17-11-19(28)13-23(33(35)36)25(17)37-15-16-5-8-20(29)9-6-16/h5-14H,2-4,15H2,1H3. The number of nitro groups is 1. The lowest BCUT2D eigenvalue weighted by Gasteiger charge is -2.12. The largest absolute Gasteiger partial charge is 0.481 e. The normalized spacial score (nSPS) is 11.4. The number of nitrogens with zero attached hydrogens (tertiary/aromatic N) is 4. The van der Waals surface area contributed by atoms with E-state index in [1.165, 1.54) is 17.0 Å². The maximum Gasteiger partial charge on any atom is 0.312 e. The average Bonchev–Trinajstić information content (AvgIpc) is 2.87. The molecule has 0 saturated heterocycles. The molecular formula is C26H21Br2ClN4O4. The van der Waals surface area contributed by atoms with Crippen molar-refractivity contribution in [2.45, 2.75) is 32.8 Å². The van der Waals surface area contributed by atoms with Crippen LogP contribution in [0.5, 0.6) is 5.75 Å². The third-order valence-electron chi connectivity index (χ3n) is 5.50. The lowest BCUT2D eigenvalue weighted by molar-refractivity contribution is -0.386. The number of ether oxygens (including phenoxy) is 1. The van der Waals surface area contributed by atoms with Crippen LogP contribution in [0.2, 0.25) is 5.02 Å². The third kappa shape index (κ3) is 6.44. The van der Waals surface area contributed by atoms with Crippen LogP contribution in [0.4, 0.5) is 5.69 Å². The Morgan fingerprint density at radius 3 is 2.59 bits per heavy atom. The molecule has 11 heteroatoms. The number of benzene rings is 3. The number of halogens is 3. The van der Waals surface area contributed by atoms with Gasteiger partial charge in [-0.1, -0.05) is 68.9 Å². The minimum absolute atomic E-state index is 0.0338. The summed E-state index contributed by atoms with van der Waals surface area (Å²) in [6.45, 7) is 2.13. The van der Waals surface area contributed by atoms with E-state index < -0.39 is 4.92 Å². The van der Waals surface area contributed by atoms with Crippen molar-refractivity contribution in [2.24, 2.45) is 5.10 Å². The molecule has 0 atom stereocenters. The van der Waals surface area contributed by atoms with Gasteiger partial charge < -0.3 is 4.74 Å². The van der Waals surface area contributed by atoms with E-state index in [9.17, 15) is 14.9 Å². The second-order valence-corrected chi connectivity index (χ2v) is 10.4. The lowest BCUT2D eigenvalue weighted by atomic mass is 10.2. The molecule has 0 bridgehead atoms. The van der Waals surface area contributed by atoms with Gasteiger partial charge in [-0.05, 0) is 48.4 Å². The fraction of sp³-hybridized carbons (Fsp3) is 0.192. The second-order valence-electron chi connectivity index (χ2n) is 8.17. The van der Waals surface area contributed by atoms with Crippen LogP contribution in [0, 0.1) is 10.1 Å². The van der Waals surface area contributed by atoms with Crippen molar-refractivity contribution in [1.29, 1.82) is 0 Å². The van der Waals surface area contributed by atoms with E-state index in [0.717, 1.165) is 22.9 Å². The molecule has 0 radical (unpaired) electrons. The van der Waals surface area contributed by atoms with Gasteiger partial charge in [0.2, 0.25) is 5.75 Å². The molecule has 4 rings (SSSR count). The van der Waals surface area contributed by atoms with Gasteiger partial charge in [-0.2, -0.15) is 9.78 Å². The van der Waals surface area contributed by atoms with Crippen LogP contribution in [0.3, 0.4) is 0 Å². The van der Waals surface area contributed by atoms with Crippen LogP contribution in [0.25, 0.3) is 10.9 Å². The van der Waals surface area contributed by atoms with Crippen LogP contribution in [0.1, 0.15) is 36.7 Å². The molecule has 0 amide bonds. The first-order valence-corrected chi connectivity index (χ1v) is 13.3. The SMILES string of the molecule is CCCCc1nc2ccc(Br)cc2c(=O)n1N=Cc1cc(Br)cc([N+](=O)[O-])c1OCc1ccc(Cl)cc1. The van der Waals surface area contributed by atoms with E-state index in [1.54, 1.807) is 42.5 Å². The first-order valence-electron chi connectivity index (χ1n) is 11.4. The van der Waals surface area contributed by atoms with Gasteiger partial charge in [-0.25, -0.2) is 4.98 Å². The molecule has 0 N–H and O–H groups in total. The summed E-state index contributed by atoms with van der Waals surface area (Å²) in [5.41, 5.74) is 1.13. The van der Waals surface area contributed by atoms with Gasteiger partial charge in [-0.15, -0.1) is 0 Å². The molecule has 0 aliphatic heterocycles. The topological polar surface area (TPSA) is 99.6 Å². The highest BCUT2D eigenvalue weighted by molar-refractivity contribution is 9.10. The average molecular weight is 649 g/mol. The zero-order valence-electron chi connectivity index (χ0n) is 19.7. The molecule has 0 aliphatic carbocycles. The molecule has 0 aliphatic rings. The fourth-order valence-electron chi connectivity index (χ4n) is 3.66. The summed E-state index contributed by atoms with van der Waals surface area (Å²) in [4.78, 5) is 29.4. The number of unbranched alkanes of at least 4 members (excludes halogenated alkanes) is 1. The van der Waals surface area contributed by atoms with Crippen molar-refractivity contribution in [3.05, 3.63) is 106 Å². The monoisotopic (exact) mass is 646 g/mol. The summed E-state index contributed by atoms with van der Waals surface area (Å²) < 4.78 is 8.37. The second kappa shape index (κ2) is 12.0. The van der Waals surface area contributed by atoms with Gasteiger partial charge in [0.15, 0.2) is 0 Å². The van der Waals surface area contributed by atoms with Crippen molar-refractivity contribution >= 4 is 66.3 Å². The molecule has 3 aromatic carbocycles. The van der Waals surface area contributed by atoms with E-state index in [4.69, 9.17) is 16.3 Å². The predicted molar refractivity (Wildman–Crippen MR) is 152 cm³/mol. The van der Waals surface area contributed by atoms with Crippen molar-refractivity contribution in [3.63, 3.8) is 0 Å². The molecule has 0 saturated carbocycles. The number of rotatable bonds is 9. The number of nitro benzene ring substituents is 1. The molecule has 1 heterocycles. The summed E-state index contributed by atoms with van der Waals surface area (Å²) in [5, 5.41) is 17.3. The highest BCUT2D eigenvalue weighted by atomic mass is 79.9. The summed E-state index contributed by atoms with van der Waals surface area (Å²) in [7, 11) is 0. The first-order chi connectivity index (χ1) is 17.8. The van der Waals surface area contributed by atoms with Crippen LogP contribution >= 0.6 is 43.5 Å². The highest BCUT2D eigenvalue weighted by Gasteiger charge is 2.21. The van der Waals surface area contributed by atoms with Crippen molar-refractivity contribution in [2.75, 3.05) is 0 Å². The molecular weight excluding hydrogens is 628 g/mol. The van der Waals surface area contributed by atoms with Crippen LogP contribution in [-0.2, 0) is 13.0 Å². The maximum absolute atomic E-state index is 13.4. The van der Waals surface area contributed by atoms with E-state index in [2.05, 4.69) is 48.9 Å². The molecule has 1 aromatic heterocycles. The first kappa shape index (κ1) is 27.0. The Bertz CT molecular complexity index is 1560. The van der Waals surface area contributed by atoms with Gasteiger partial charge >= 0.3 is 5.69 Å². The summed E-state index contributed by atoms with van der Waals surface area (Å²) in [5.74, 6) is 0.539. The zero-order chi connectivity index (χ0) is 26.5. The number of aromatic nitrogens is 2. The van der Waals surface area contributed by atoms with Crippen LogP contribution in [-0.4, -0.2) is 20.8 Å². The van der Waals surface area contributed by atoms with E-state index in [0.29, 0.717) is 38.2 Å². The predicted octanol–water partition coefficient (Wildman–Crippen LogP) is 7.29. The Morgan fingerprint density at radius 2 is 1.89 bits per heavy atom. The smallest absolute Gasteiger partial charge is 0.312 e. The van der Waals surface area contributed by atoms with Gasteiger partial charge in [0, 0.05) is 32.0 Å². The third-order valence-corrected chi connectivity index (χ3v) is 6.70. The molecule has 0 fully saturated rings. The van der Waals surface area contributed by atoms with Crippen molar-refractivity contribution < 1.29 is 9.66 Å². The molecule has 0 unspecified atom stereocenters. The van der Waals surface area contributed by atoms with E-state index in [1.807, 2.05) is 6.07 Å². The maximum atomic E-state index is 13.4. The van der Waals surface area contributed by atoms with Gasteiger partial charge in [0.1, 0.15) is 12.4 Å². The molecule has 4 aromatic rings. The fourth-order valence-corrected chi connectivity index (χ4v) is 4.61. The molecule has 37 heavy (non-hydrogen) atoms. The summed E-state index contributed by atoms with van der Waals surface area (Å²) in [6.07, 6.45) is 3.67. The number of fused-ring (bicyclic) bond motifs is 1. The Hall–Kier alpha value is -3.08. The molecule has 0 spiro atoms. The highest BCUT2D eigenvalue weighted by Crippen LogP contribution is 2.34. The zero-order valence-corrected chi connectivity index (χ0v) is 23.6. The van der Waals surface area contributed by atoms with Gasteiger partial charge in [0.05, 0.1) is 22.0 Å². The minimum atomic E-state index is -0.521. The Labute approximate surface area is 234 Å². The van der Waals surface area contributed by atoms with Crippen LogP contribution in [0.15, 0.2) is 73.4 Å². The van der Waals surface area contributed by atoms with Gasteiger partial charge in [-0.3, -0.25) is 14.9 Å². The van der Waals surface area contributed by atoms with E-state index in [-0.39, 0.29) is 23.6 Å². The number of hydrogen-bond acceptors (Lipinski definition) is 6. The quantitative estimate of drug-likeness (QED) is 0.108. The Morgan fingerprint density at radius 1 is 1.14 bits per heavy atom. The summed E-state index contributed by atoms with van der Waals surface area (Å²) >= 11 is 12.7. The van der Waals surface area contributed by atoms with E-state index >= 15 is 0 Å². The van der Waals surface area contributed by atoms with Gasteiger partial charge in [0.25, 0.3) is 5.56 Å². The lowest BCUT2D eigenvalue weighted by Crippen LogP contribution is -2.22. The molecule has 8 nitrogen and oxygen atoms in total. The minimum Gasteiger partial charge on any atom is -0.481 e. The Kier molecular flexibility index (Phi) is 8.73. The number of hydrogen-bond donors (Lipinski definition) is 0. The van der Waals surface area contributed by atoms with Crippen molar-refractivity contribution in [3.8, 4) is 5.75 Å². The van der Waals surface area contributed by atoms with Crippen LogP contribution < -0.4 is 10.3 Å². The Balaban J connectivity index is 1.80. The number of aryl methyl sites for hydroxylation is 1. The van der Waals surface area contributed by atoms with Crippen molar-refractivity contribution in [1.82, 2.24) is 9.66 Å². The molecule has 190 valence electrons.